The highest BCUT2D eigenvalue weighted by Gasteiger charge is 2.19. The smallest absolute Gasteiger partial charge is 0.0470 e. The zero-order valence-electron chi connectivity index (χ0n) is 27.7. The minimum atomic E-state index is 1.12. The van der Waals surface area contributed by atoms with E-state index >= 15 is 0 Å². The van der Waals surface area contributed by atoms with Crippen molar-refractivity contribution in [3.8, 4) is 55.6 Å². The maximum absolute atomic E-state index is 3.84. The molecule has 0 aromatic heterocycles. The Kier molecular flexibility index (Phi) is 6.47. The molecule has 1 nitrogen and oxygen atoms in total. The highest BCUT2D eigenvalue weighted by atomic mass is 14.9. The summed E-state index contributed by atoms with van der Waals surface area (Å²) >= 11 is 0. The molecule has 9 aromatic rings. The SMILES string of the molecule is Cc1c2cccc1-c1ccc(-c3cc(-c4ccccc4)cc(-c4ccc5c6ccccc6c6ccccc6c5c4)c3)cc1Nc1ccccc1-2. The molecule has 9 aromatic carbocycles. The molecule has 234 valence electrons. The molecule has 0 fully saturated rings. The quantitative estimate of drug-likeness (QED) is 0.191. The lowest BCUT2D eigenvalue weighted by atomic mass is 9.87. The molecule has 0 unspecified atom stereocenters. The van der Waals surface area contributed by atoms with Crippen molar-refractivity contribution >= 4 is 43.7 Å². The van der Waals surface area contributed by atoms with Gasteiger partial charge in [-0.05, 0) is 126 Å². The molecule has 0 saturated carbocycles. The third-order valence-corrected chi connectivity index (χ3v) is 10.6. The summed E-state index contributed by atoms with van der Waals surface area (Å²) in [7, 11) is 0. The minimum absolute atomic E-state index is 1.12. The molecule has 2 bridgehead atoms. The van der Waals surface area contributed by atoms with Gasteiger partial charge in [0.25, 0.3) is 0 Å². The van der Waals surface area contributed by atoms with Gasteiger partial charge in [0, 0.05) is 22.5 Å². The van der Waals surface area contributed by atoms with Gasteiger partial charge in [-0.3, -0.25) is 0 Å². The number of fused-ring (bicyclic) bond motifs is 12. The Hall–Kier alpha value is -6.44. The first kappa shape index (κ1) is 28.6. The van der Waals surface area contributed by atoms with Gasteiger partial charge in [-0.25, -0.2) is 0 Å². The summed E-state index contributed by atoms with van der Waals surface area (Å²) in [5.41, 5.74) is 15.7. The van der Waals surface area contributed by atoms with Crippen LogP contribution in [0.15, 0.2) is 176 Å². The zero-order valence-corrected chi connectivity index (χ0v) is 27.7. The lowest BCUT2D eigenvalue weighted by Gasteiger charge is -2.23. The third kappa shape index (κ3) is 4.55. The van der Waals surface area contributed by atoms with E-state index in [0.29, 0.717) is 0 Å². The predicted octanol–water partition coefficient (Wildman–Crippen LogP) is 13.8. The monoisotopic (exact) mass is 635 g/mol. The summed E-state index contributed by atoms with van der Waals surface area (Å²) in [6, 6.07) is 64.6. The number of hydrogen-bond donors (Lipinski definition) is 1. The van der Waals surface area contributed by atoms with E-state index in [4.69, 9.17) is 0 Å². The second-order valence-corrected chi connectivity index (χ2v) is 13.4. The van der Waals surface area contributed by atoms with Crippen molar-refractivity contribution in [1.82, 2.24) is 0 Å². The first-order chi connectivity index (χ1) is 24.7. The van der Waals surface area contributed by atoms with E-state index in [1.807, 2.05) is 0 Å². The van der Waals surface area contributed by atoms with Crippen LogP contribution in [-0.4, -0.2) is 0 Å². The lowest BCUT2D eigenvalue weighted by Crippen LogP contribution is -2.01. The van der Waals surface area contributed by atoms with Crippen LogP contribution in [0.3, 0.4) is 0 Å². The van der Waals surface area contributed by atoms with Crippen LogP contribution < -0.4 is 5.32 Å². The van der Waals surface area contributed by atoms with Gasteiger partial charge in [0.15, 0.2) is 0 Å². The van der Waals surface area contributed by atoms with Gasteiger partial charge < -0.3 is 5.32 Å². The number of rotatable bonds is 3. The Labute approximate surface area is 292 Å². The standard InChI is InChI=1S/C49H33N/c1-31-38-19-11-20-39(31)46-25-23-34(30-49(46)50-48-21-10-9-18-45(38)48)37-27-35(32-12-3-2-4-13-32)26-36(28-37)33-22-24-44-42-16-6-5-14-40(42)41-15-7-8-17-43(41)47(44)29-33/h2-30,50H,1H3. The molecule has 1 N–H and O–H groups in total. The van der Waals surface area contributed by atoms with Crippen molar-refractivity contribution in [3.05, 3.63) is 181 Å². The number of benzene rings is 9. The number of anilines is 2. The molecule has 0 aliphatic carbocycles. The second kappa shape index (κ2) is 11.3. The summed E-state index contributed by atoms with van der Waals surface area (Å²) in [6.07, 6.45) is 0. The summed E-state index contributed by atoms with van der Waals surface area (Å²) in [5, 5.41) is 11.6. The van der Waals surface area contributed by atoms with Crippen LogP contribution in [-0.2, 0) is 0 Å². The highest BCUT2D eigenvalue weighted by Crippen LogP contribution is 2.45. The van der Waals surface area contributed by atoms with E-state index in [1.165, 1.54) is 93.5 Å². The topological polar surface area (TPSA) is 12.0 Å². The Balaban J connectivity index is 1.18. The Morgan fingerprint density at radius 3 is 1.44 bits per heavy atom. The van der Waals surface area contributed by atoms with Gasteiger partial charge in [-0.1, -0.05) is 140 Å². The third-order valence-electron chi connectivity index (χ3n) is 10.6. The van der Waals surface area contributed by atoms with E-state index in [-0.39, 0.29) is 0 Å². The molecule has 10 rings (SSSR count). The van der Waals surface area contributed by atoms with Crippen molar-refractivity contribution in [2.75, 3.05) is 5.32 Å². The Morgan fingerprint density at radius 1 is 0.280 bits per heavy atom. The van der Waals surface area contributed by atoms with Crippen molar-refractivity contribution in [2.45, 2.75) is 6.92 Å². The van der Waals surface area contributed by atoms with Gasteiger partial charge in [-0.2, -0.15) is 0 Å². The first-order valence-electron chi connectivity index (χ1n) is 17.3. The number of nitrogens with one attached hydrogen (secondary N) is 1. The van der Waals surface area contributed by atoms with E-state index < -0.39 is 0 Å². The maximum Gasteiger partial charge on any atom is 0.0470 e. The predicted molar refractivity (Wildman–Crippen MR) is 214 cm³/mol. The molecule has 1 aliphatic heterocycles. The average Bonchev–Trinajstić information content (AvgIpc) is 3.18. The van der Waals surface area contributed by atoms with Crippen molar-refractivity contribution in [1.29, 1.82) is 0 Å². The summed E-state index contributed by atoms with van der Waals surface area (Å²) in [4.78, 5) is 0. The molecule has 0 saturated heterocycles. The van der Waals surface area contributed by atoms with E-state index in [1.54, 1.807) is 0 Å². The summed E-state index contributed by atoms with van der Waals surface area (Å²) < 4.78 is 0. The summed E-state index contributed by atoms with van der Waals surface area (Å²) in [5.74, 6) is 0. The van der Waals surface area contributed by atoms with Crippen LogP contribution >= 0.6 is 0 Å². The lowest BCUT2D eigenvalue weighted by molar-refractivity contribution is 1.41. The van der Waals surface area contributed by atoms with Gasteiger partial charge in [0.2, 0.25) is 0 Å². The maximum atomic E-state index is 3.84. The van der Waals surface area contributed by atoms with Crippen LogP contribution in [0.25, 0.3) is 88.0 Å². The molecule has 0 radical (unpaired) electrons. The van der Waals surface area contributed by atoms with Crippen LogP contribution in [0.5, 0.6) is 0 Å². The van der Waals surface area contributed by atoms with Gasteiger partial charge in [0.05, 0.1) is 0 Å². The molecule has 1 aliphatic rings. The second-order valence-electron chi connectivity index (χ2n) is 13.4. The van der Waals surface area contributed by atoms with Crippen molar-refractivity contribution in [3.63, 3.8) is 0 Å². The van der Waals surface area contributed by atoms with Gasteiger partial charge in [-0.15, -0.1) is 0 Å². The highest BCUT2D eigenvalue weighted by molar-refractivity contribution is 6.25. The fraction of sp³-hybridized carbons (Fsp3) is 0.0204. The Morgan fingerprint density at radius 2 is 0.760 bits per heavy atom. The molecule has 50 heavy (non-hydrogen) atoms. The van der Waals surface area contributed by atoms with Gasteiger partial charge in [0.1, 0.15) is 0 Å². The van der Waals surface area contributed by atoms with Crippen LogP contribution in [0.4, 0.5) is 11.4 Å². The van der Waals surface area contributed by atoms with Crippen molar-refractivity contribution in [2.24, 2.45) is 0 Å². The van der Waals surface area contributed by atoms with Crippen molar-refractivity contribution < 1.29 is 0 Å². The molecule has 1 heteroatoms. The fourth-order valence-corrected chi connectivity index (χ4v) is 8.10. The zero-order chi connectivity index (χ0) is 33.2. The van der Waals surface area contributed by atoms with Crippen LogP contribution in [0, 0.1) is 6.92 Å². The first-order valence-corrected chi connectivity index (χ1v) is 17.3. The number of para-hydroxylation sites is 1. The molecule has 0 spiro atoms. The van der Waals surface area contributed by atoms with E-state index in [2.05, 4.69) is 188 Å². The molecular formula is C49H33N. The number of hydrogen-bond acceptors (Lipinski definition) is 1. The fourth-order valence-electron chi connectivity index (χ4n) is 8.10. The van der Waals surface area contributed by atoms with Crippen LogP contribution in [0.2, 0.25) is 0 Å². The largest absolute Gasteiger partial charge is 0.354 e. The van der Waals surface area contributed by atoms with Gasteiger partial charge >= 0.3 is 0 Å². The molecule has 1 heterocycles. The Bertz CT molecular complexity index is 2750. The summed E-state index contributed by atoms with van der Waals surface area (Å²) in [6.45, 7) is 2.25. The molecular weight excluding hydrogens is 603 g/mol. The van der Waals surface area contributed by atoms with Crippen LogP contribution in [0.1, 0.15) is 5.56 Å². The normalized spacial score (nSPS) is 11.9. The van der Waals surface area contributed by atoms with E-state index in [0.717, 1.165) is 11.4 Å². The molecule has 0 amide bonds. The average molecular weight is 636 g/mol. The minimum Gasteiger partial charge on any atom is -0.354 e. The van der Waals surface area contributed by atoms with E-state index in [9.17, 15) is 0 Å². The molecule has 0 atom stereocenters.